The van der Waals surface area contributed by atoms with Crippen molar-refractivity contribution >= 4 is 24.2 Å². The van der Waals surface area contributed by atoms with Crippen LogP contribution < -0.4 is 11.1 Å². The van der Waals surface area contributed by atoms with Gasteiger partial charge >= 0.3 is 0 Å². The van der Waals surface area contributed by atoms with Crippen molar-refractivity contribution in [3.63, 3.8) is 0 Å². The van der Waals surface area contributed by atoms with Crippen LogP contribution in [0, 0.1) is 11.8 Å². The second-order valence-corrected chi connectivity index (χ2v) is 8.74. The first-order valence-electron chi connectivity index (χ1n) is 11.0. The summed E-state index contributed by atoms with van der Waals surface area (Å²) in [7, 11) is 0. The molecule has 3 rings (SSSR count). The first-order valence-corrected chi connectivity index (χ1v) is 11.0. The van der Waals surface area contributed by atoms with E-state index in [0.29, 0.717) is 24.8 Å². The Morgan fingerprint density at radius 2 is 1.56 bits per heavy atom. The molecule has 27 heavy (non-hydrogen) atoms. The van der Waals surface area contributed by atoms with E-state index in [9.17, 15) is 9.59 Å². The van der Waals surface area contributed by atoms with Gasteiger partial charge in [0.15, 0.2) is 0 Å². The van der Waals surface area contributed by atoms with Gasteiger partial charge in [0.05, 0.1) is 0 Å². The van der Waals surface area contributed by atoms with Crippen LogP contribution in [0.25, 0.3) is 0 Å². The maximum Gasteiger partial charge on any atom is 0.225 e. The van der Waals surface area contributed by atoms with Crippen LogP contribution in [-0.4, -0.2) is 41.9 Å². The molecule has 0 radical (unpaired) electrons. The monoisotopic (exact) mass is 399 g/mol. The lowest BCUT2D eigenvalue weighted by molar-refractivity contribution is -0.140. The number of nitrogens with one attached hydrogen (secondary N) is 1. The van der Waals surface area contributed by atoms with Gasteiger partial charge in [0.2, 0.25) is 11.8 Å². The van der Waals surface area contributed by atoms with Gasteiger partial charge in [-0.3, -0.25) is 9.59 Å². The number of carbonyl (C=O) groups excluding carboxylic acids is 2. The second-order valence-electron chi connectivity index (χ2n) is 8.74. The summed E-state index contributed by atoms with van der Waals surface area (Å²) < 4.78 is 0. The topological polar surface area (TPSA) is 75.4 Å². The summed E-state index contributed by atoms with van der Waals surface area (Å²) in [5.74, 6) is 1.26. The van der Waals surface area contributed by atoms with Crippen LogP contribution in [0.5, 0.6) is 0 Å². The molecular weight excluding hydrogens is 362 g/mol. The highest BCUT2D eigenvalue weighted by molar-refractivity contribution is 5.85. The molecule has 0 aromatic rings. The maximum absolute atomic E-state index is 12.9. The van der Waals surface area contributed by atoms with Crippen LogP contribution in [0.4, 0.5) is 0 Å². The number of nitrogens with zero attached hydrogens (tertiary/aromatic N) is 1. The standard InChI is InChI=1S/C21H37N3O2.ClH/c22-15-19-8-4-5-13-24(19)21(26)17-9-11-18(12-10-17)23-20(25)14-16-6-2-1-3-7-16;/h16-19H,1-15,22H2,(H,23,25);1H. The quantitative estimate of drug-likeness (QED) is 0.743. The highest BCUT2D eigenvalue weighted by Crippen LogP contribution is 2.30. The molecule has 1 saturated heterocycles. The first kappa shape index (κ1) is 22.5. The van der Waals surface area contributed by atoms with Crippen LogP contribution in [0.15, 0.2) is 0 Å². The average molecular weight is 400 g/mol. The SMILES string of the molecule is Cl.NCC1CCCCN1C(=O)C1CCC(NC(=O)CC2CCCCC2)CC1. The first-order chi connectivity index (χ1) is 12.7. The molecule has 2 amide bonds. The molecule has 0 aromatic heterocycles. The van der Waals surface area contributed by atoms with E-state index in [1.807, 2.05) is 0 Å². The second kappa shape index (κ2) is 11.3. The summed E-state index contributed by atoms with van der Waals surface area (Å²) in [5, 5.41) is 3.24. The van der Waals surface area contributed by atoms with E-state index in [4.69, 9.17) is 5.73 Å². The number of nitrogens with two attached hydrogens (primary N) is 1. The molecule has 0 aromatic carbocycles. The van der Waals surface area contributed by atoms with E-state index in [0.717, 1.165) is 45.1 Å². The highest BCUT2D eigenvalue weighted by atomic mass is 35.5. The molecule has 1 aliphatic heterocycles. The lowest BCUT2D eigenvalue weighted by Gasteiger charge is -2.39. The van der Waals surface area contributed by atoms with Gasteiger partial charge in [0, 0.05) is 37.5 Å². The molecule has 3 N–H and O–H groups in total. The van der Waals surface area contributed by atoms with Gasteiger partial charge in [-0.25, -0.2) is 0 Å². The van der Waals surface area contributed by atoms with Crippen molar-refractivity contribution < 1.29 is 9.59 Å². The van der Waals surface area contributed by atoms with Crippen molar-refractivity contribution in [2.75, 3.05) is 13.1 Å². The summed E-state index contributed by atoms with van der Waals surface area (Å²) in [6, 6.07) is 0.506. The van der Waals surface area contributed by atoms with Crippen molar-refractivity contribution in [1.82, 2.24) is 10.2 Å². The summed E-state index contributed by atoms with van der Waals surface area (Å²) in [4.78, 5) is 27.3. The summed E-state index contributed by atoms with van der Waals surface area (Å²) in [6.07, 6.45) is 14.1. The van der Waals surface area contributed by atoms with E-state index in [-0.39, 0.29) is 36.3 Å². The van der Waals surface area contributed by atoms with Crippen molar-refractivity contribution in [2.24, 2.45) is 17.6 Å². The third kappa shape index (κ3) is 6.35. The molecule has 1 heterocycles. The number of amides is 2. The molecule has 3 fully saturated rings. The number of carbonyl (C=O) groups is 2. The fraction of sp³-hybridized carbons (Fsp3) is 0.905. The largest absolute Gasteiger partial charge is 0.353 e. The summed E-state index contributed by atoms with van der Waals surface area (Å²) in [6.45, 7) is 1.46. The third-order valence-corrected chi connectivity index (χ3v) is 6.82. The van der Waals surface area contributed by atoms with E-state index >= 15 is 0 Å². The lowest BCUT2D eigenvalue weighted by Crippen LogP contribution is -2.50. The van der Waals surface area contributed by atoms with Gasteiger partial charge in [-0.1, -0.05) is 19.3 Å². The van der Waals surface area contributed by atoms with Crippen LogP contribution in [0.2, 0.25) is 0 Å². The van der Waals surface area contributed by atoms with E-state index in [1.54, 1.807) is 0 Å². The zero-order valence-corrected chi connectivity index (χ0v) is 17.5. The van der Waals surface area contributed by atoms with Crippen LogP contribution in [-0.2, 0) is 9.59 Å². The van der Waals surface area contributed by atoms with Gasteiger partial charge in [0.25, 0.3) is 0 Å². The minimum atomic E-state index is 0. The Morgan fingerprint density at radius 1 is 0.889 bits per heavy atom. The molecule has 2 aliphatic carbocycles. The maximum atomic E-state index is 12.9. The zero-order valence-electron chi connectivity index (χ0n) is 16.7. The predicted molar refractivity (Wildman–Crippen MR) is 111 cm³/mol. The number of piperidine rings is 1. The molecular formula is C21H38ClN3O2. The Labute approximate surface area is 170 Å². The normalized spacial score (nSPS) is 29.7. The lowest BCUT2D eigenvalue weighted by atomic mass is 9.83. The third-order valence-electron chi connectivity index (χ3n) is 6.82. The van der Waals surface area contributed by atoms with Crippen molar-refractivity contribution in [3.8, 4) is 0 Å². The van der Waals surface area contributed by atoms with Crippen molar-refractivity contribution in [2.45, 2.75) is 95.6 Å². The van der Waals surface area contributed by atoms with E-state index < -0.39 is 0 Å². The van der Waals surface area contributed by atoms with Gasteiger partial charge < -0.3 is 16.0 Å². The number of likely N-dealkylation sites (tertiary alicyclic amines) is 1. The average Bonchev–Trinajstić information content (AvgIpc) is 2.68. The summed E-state index contributed by atoms with van der Waals surface area (Å²) >= 11 is 0. The molecule has 1 unspecified atom stereocenters. The Morgan fingerprint density at radius 3 is 2.22 bits per heavy atom. The fourth-order valence-electron chi connectivity index (χ4n) is 5.20. The van der Waals surface area contributed by atoms with E-state index in [1.165, 1.54) is 38.5 Å². The molecule has 1 atom stereocenters. The van der Waals surface area contributed by atoms with Crippen LogP contribution >= 0.6 is 12.4 Å². The Kier molecular flexibility index (Phi) is 9.37. The zero-order chi connectivity index (χ0) is 18.4. The summed E-state index contributed by atoms with van der Waals surface area (Å²) in [5.41, 5.74) is 5.87. The Hall–Kier alpha value is -0.810. The predicted octanol–water partition coefficient (Wildman–Crippen LogP) is 3.39. The Bertz CT molecular complexity index is 474. The molecule has 0 spiro atoms. The minimum absolute atomic E-state index is 0. The fourth-order valence-corrected chi connectivity index (χ4v) is 5.20. The molecule has 0 bridgehead atoms. The smallest absolute Gasteiger partial charge is 0.225 e. The number of rotatable bonds is 5. The number of hydrogen-bond donors (Lipinski definition) is 2. The van der Waals surface area contributed by atoms with E-state index in [2.05, 4.69) is 10.2 Å². The van der Waals surface area contributed by atoms with Crippen molar-refractivity contribution in [3.05, 3.63) is 0 Å². The minimum Gasteiger partial charge on any atom is -0.353 e. The van der Waals surface area contributed by atoms with Gasteiger partial charge in [0.1, 0.15) is 0 Å². The van der Waals surface area contributed by atoms with Gasteiger partial charge in [-0.2, -0.15) is 0 Å². The molecule has 156 valence electrons. The number of hydrogen-bond acceptors (Lipinski definition) is 3. The van der Waals surface area contributed by atoms with Gasteiger partial charge in [-0.15, -0.1) is 12.4 Å². The number of halogens is 1. The molecule has 6 heteroatoms. The molecule has 3 aliphatic rings. The van der Waals surface area contributed by atoms with Gasteiger partial charge in [-0.05, 0) is 63.7 Å². The Balaban J connectivity index is 0.00000261. The molecule has 5 nitrogen and oxygen atoms in total. The highest BCUT2D eigenvalue weighted by Gasteiger charge is 2.33. The van der Waals surface area contributed by atoms with Crippen LogP contribution in [0.1, 0.15) is 83.5 Å². The molecule has 2 saturated carbocycles. The van der Waals surface area contributed by atoms with Crippen LogP contribution in [0.3, 0.4) is 0 Å². The van der Waals surface area contributed by atoms with Crippen molar-refractivity contribution in [1.29, 1.82) is 0 Å².